The van der Waals surface area contributed by atoms with Crippen molar-refractivity contribution in [1.29, 1.82) is 0 Å². The van der Waals surface area contributed by atoms with Gasteiger partial charge in [0.1, 0.15) is 0 Å². The number of hydrogen-bond acceptors (Lipinski definition) is 0. The van der Waals surface area contributed by atoms with Crippen molar-refractivity contribution in [3.05, 3.63) is 157 Å². The van der Waals surface area contributed by atoms with E-state index in [1.54, 1.807) is 0 Å². The van der Waals surface area contributed by atoms with E-state index in [4.69, 9.17) is 0 Å². The Morgan fingerprint density at radius 3 is 1.61 bits per heavy atom. The molecule has 0 aliphatic rings. The Kier molecular flexibility index (Phi) is 5.39. The molecular weight excluding hydrogens is 589 g/mol. The van der Waals surface area contributed by atoms with Crippen molar-refractivity contribution in [2.24, 2.45) is 0 Å². The van der Waals surface area contributed by atoms with Crippen LogP contribution in [0.2, 0.25) is 0 Å². The van der Waals surface area contributed by atoms with E-state index in [2.05, 4.69) is 166 Å². The van der Waals surface area contributed by atoms with Crippen molar-refractivity contribution in [3.8, 4) is 22.3 Å². The molecule has 0 heterocycles. The second kappa shape index (κ2) is 9.78. The van der Waals surface area contributed by atoms with Gasteiger partial charge in [-0.15, -0.1) is 0 Å². The molecule has 0 bridgehead atoms. The normalized spacial score (nSPS) is 12.5. The second-order valence-corrected chi connectivity index (χ2v) is 14.1. The van der Waals surface area contributed by atoms with Gasteiger partial charge in [0.05, 0.1) is 0 Å². The van der Waals surface area contributed by atoms with Gasteiger partial charge in [0.25, 0.3) is 0 Å². The number of rotatable bonds is 3. The third-order valence-corrected chi connectivity index (χ3v) is 11.2. The van der Waals surface area contributed by atoms with Crippen molar-refractivity contribution in [2.75, 3.05) is 0 Å². The second-order valence-electron chi connectivity index (χ2n) is 14.1. The van der Waals surface area contributed by atoms with Crippen molar-refractivity contribution >= 4 is 86.2 Å². The zero-order valence-electron chi connectivity index (χ0n) is 27.5. The molecule has 49 heavy (non-hydrogen) atoms. The molecular formula is C49H32. The van der Waals surface area contributed by atoms with Gasteiger partial charge in [-0.2, -0.15) is 0 Å². The SMILES string of the molecule is CC(C)c1c2cc3c4ccccc4c4cccc(c2c(-c2ccccc2)c2c5cc6ccccc6c6cc(-c7ccccc7)cc(c12)c65)c43. The summed E-state index contributed by atoms with van der Waals surface area (Å²) in [7, 11) is 0. The molecule has 0 N–H and O–H groups in total. The average molecular weight is 621 g/mol. The van der Waals surface area contributed by atoms with Gasteiger partial charge in [-0.1, -0.05) is 141 Å². The van der Waals surface area contributed by atoms with Crippen LogP contribution in [0.4, 0.5) is 0 Å². The Labute approximate surface area is 284 Å². The van der Waals surface area contributed by atoms with E-state index in [0.29, 0.717) is 5.92 Å². The fourth-order valence-corrected chi connectivity index (χ4v) is 9.35. The summed E-state index contributed by atoms with van der Waals surface area (Å²) in [5, 5.41) is 21.7. The molecule has 11 rings (SSSR count). The van der Waals surface area contributed by atoms with Gasteiger partial charge in [0.2, 0.25) is 0 Å². The van der Waals surface area contributed by atoms with Gasteiger partial charge in [0.15, 0.2) is 0 Å². The number of benzene rings is 9. The standard InChI is InChI=1S/C49H32/c1-28(2)43-42-27-39-35-21-12-11-20-34(35)36-22-13-23-37(45(36)39)47(42)44(30-16-7-4-8-17-30)49-40-24-31-18-9-10-19-33(31)38-25-32(29-14-5-3-6-15-29)26-41(46(38)40)48(43)49/h3-28H,1-2H3. The molecule has 0 saturated heterocycles. The third-order valence-electron chi connectivity index (χ3n) is 11.2. The van der Waals surface area contributed by atoms with Crippen LogP contribution < -0.4 is 0 Å². The molecule has 0 radical (unpaired) electrons. The molecule has 11 aromatic carbocycles. The maximum Gasteiger partial charge on any atom is -0.00103 e. The first-order valence-electron chi connectivity index (χ1n) is 17.5. The summed E-state index contributed by atoms with van der Waals surface area (Å²) in [5.74, 6) is 0.310. The van der Waals surface area contributed by atoms with Gasteiger partial charge >= 0.3 is 0 Å². The summed E-state index contributed by atoms with van der Waals surface area (Å²) in [6, 6.07) is 57.0. The van der Waals surface area contributed by atoms with Crippen LogP contribution >= 0.6 is 0 Å². The molecule has 0 unspecified atom stereocenters. The lowest BCUT2D eigenvalue weighted by Crippen LogP contribution is -1.95. The molecule has 0 atom stereocenters. The van der Waals surface area contributed by atoms with E-state index < -0.39 is 0 Å². The lowest BCUT2D eigenvalue weighted by molar-refractivity contribution is 0.886. The van der Waals surface area contributed by atoms with E-state index in [1.165, 1.54) is 114 Å². The van der Waals surface area contributed by atoms with Gasteiger partial charge in [-0.25, -0.2) is 0 Å². The Bertz CT molecular complexity index is 3090. The van der Waals surface area contributed by atoms with Crippen molar-refractivity contribution in [3.63, 3.8) is 0 Å². The van der Waals surface area contributed by atoms with Crippen LogP contribution in [0.5, 0.6) is 0 Å². The maximum absolute atomic E-state index is 2.55. The zero-order valence-corrected chi connectivity index (χ0v) is 27.5. The monoisotopic (exact) mass is 620 g/mol. The summed E-state index contributed by atoms with van der Waals surface area (Å²) in [5.41, 5.74) is 6.59. The third kappa shape index (κ3) is 3.53. The Morgan fingerprint density at radius 1 is 0.306 bits per heavy atom. The lowest BCUT2D eigenvalue weighted by Gasteiger charge is -2.20. The molecule has 0 nitrogen and oxygen atoms in total. The molecule has 0 aliphatic carbocycles. The summed E-state index contributed by atoms with van der Waals surface area (Å²) in [4.78, 5) is 0. The van der Waals surface area contributed by atoms with Gasteiger partial charge in [0, 0.05) is 0 Å². The minimum atomic E-state index is 0.310. The first kappa shape index (κ1) is 27.0. The molecule has 0 aliphatic heterocycles. The summed E-state index contributed by atoms with van der Waals surface area (Å²) >= 11 is 0. The predicted molar refractivity (Wildman–Crippen MR) is 214 cm³/mol. The van der Waals surface area contributed by atoms with Gasteiger partial charge in [-0.3, -0.25) is 0 Å². The molecule has 0 spiro atoms. The van der Waals surface area contributed by atoms with Crippen molar-refractivity contribution in [2.45, 2.75) is 19.8 Å². The summed E-state index contributed by atoms with van der Waals surface area (Å²) in [6.07, 6.45) is 0. The minimum absolute atomic E-state index is 0.310. The highest BCUT2D eigenvalue weighted by Gasteiger charge is 2.27. The Morgan fingerprint density at radius 2 is 0.857 bits per heavy atom. The average Bonchev–Trinajstić information content (AvgIpc) is 3.65. The Hall–Kier alpha value is -5.98. The molecule has 0 heteroatoms. The fourth-order valence-electron chi connectivity index (χ4n) is 9.35. The van der Waals surface area contributed by atoms with Crippen LogP contribution in [0.3, 0.4) is 0 Å². The van der Waals surface area contributed by atoms with Crippen molar-refractivity contribution < 1.29 is 0 Å². The van der Waals surface area contributed by atoms with Crippen LogP contribution in [0, 0.1) is 0 Å². The van der Waals surface area contributed by atoms with Crippen molar-refractivity contribution in [1.82, 2.24) is 0 Å². The van der Waals surface area contributed by atoms with E-state index in [0.717, 1.165) is 0 Å². The van der Waals surface area contributed by atoms with Gasteiger partial charge in [-0.05, 0) is 144 Å². The van der Waals surface area contributed by atoms with Crippen LogP contribution in [0.25, 0.3) is 108 Å². The lowest BCUT2D eigenvalue weighted by atomic mass is 9.82. The highest BCUT2D eigenvalue weighted by Crippen LogP contribution is 2.54. The molecule has 0 saturated carbocycles. The van der Waals surface area contributed by atoms with E-state index in [1.807, 2.05) is 0 Å². The maximum atomic E-state index is 2.55. The molecule has 0 amide bonds. The van der Waals surface area contributed by atoms with E-state index in [-0.39, 0.29) is 0 Å². The van der Waals surface area contributed by atoms with Crippen LogP contribution in [-0.4, -0.2) is 0 Å². The first-order valence-corrected chi connectivity index (χ1v) is 17.5. The van der Waals surface area contributed by atoms with Gasteiger partial charge < -0.3 is 0 Å². The smallest absolute Gasteiger partial charge is 0.00103 e. The zero-order chi connectivity index (χ0) is 32.4. The molecule has 228 valence electrons. The topological polar surface area (TPSA) is 0 Å². The Balaban J connectivity index is 1.50. The molecule has 0 fully saturated rings. The largest absolute Gasteiger partial charge is 0.0622 e. The number of fused-ring (bicyclic) bond motifs is 10. The molecule has 11 aromatic rings. The fraction of sp³-hybridized carbons (Fsp3) is 0.0612. The van der Waals surface area contributed by atoms with E-state index in [9.17, 15) is 0 Å². The summed E-state index contributed by atoms with van der Waals surface area (Å²) in [6.45, 7) is 4.78. The molecule has 0 aromatic heterocycles. The van der Waals surface area contributed by atoms with E-state index >= 15 is 0 Å². The van der Waals surface area contributed by atoms with Crippen LogP contribution in [0.1, 0.15) is 25.3 Å². The number of hydrogen-bond donors (Lipinski definition) is 0. The predicted octanol–water partition coefficient (Wildman–Crippen LogP) is 14.2. The summed E-state index contributed by atoms with van der Waals surface area (Å²) < 4.78 is 0. The minimum Gasteiger partial charge on any atom is -0.0622 e. The van der Waals surface area contributed by atoms with Crippen LogP contribution in [-0.2, 0) is 0 Å². The first-order chi connectivity index (χ1) is 24.2. The highest BCUT2D eigenvalue weighted by molar-refractivity contribution is 6.44. The quantitative estimate of drug-likeness (QED) is 0.172. The highest BCUT2D eigenvalue weighted by atomic mass is 14.3. The van der Waals surface area contributed by atoms with Crippen LogP contribution in [0.15, 0.2) is 152 Å².